The second kappa shape index (κ2) is 14.7. The van der Waals surface area contributed by atoms with Gasteiger partial charge in [0.15, 0.2) is 23.2 Å². The van der Waals surface area contributed by atoms with E-state index >= 15 is 0 Å². The predicted molar refractivity (Wildman–Crippen MR) is 189 cm³/mol. The minimum absolute atomic E-state index is 0.0233. The molecule has 2 aromatic heterocycles. The molecule has 12 heteroatoms. The number of methoxy groups -OCH3 is 3. The zero-order valence-corrected chi connectivity index (χ0v) is 28.2. The van der Waals surface area contributed by atoms with E-state index in [4.69, 9.17) is 23.7 Å². The third-order valence-electron chi connectivity index (χ3n) is 9.12. The molecule has 0 unspecified atom stereocenters. The summed E-state index contributed by atoms with van der Waals surface area (Å²) in [6.45, 7) is -0.0233. The number of nitrogens with zero attached hydrogens (tertiary/aromatic N) is 4. The Morgan fingerprint density at radius 3 is 1.98 bits per heavy atom. The van der Waals surface area contributed by atoms with Crippen LogP contribution in [0.5, 0.6) is 11.5 Å². The number of fused-ring (bicyclic) bond motifs is 1. The number of carbonyl (C=O) groups is 1. The Morgan fingerprint density at radius 2 is 1.39 bits per heavy atom. The number of hydrogen-bond acceptors (Lipinski definition) is 10. The van der Waals surface area contributed by atoms with Crippen LogP contribution in [0.3, 0.4) is 0 Å². The van der Waals surface area contributed by atoms with Crippen molar-refractivity contribution in [3.05, 3.63) is 144 Å². The molecule has 12 nitrogen and oxygen atoms in total. The first kappa shape index (κ1) is 33.8. The van der Waals surface area contributed by atoms with Crippen molar-refractivity contribution in [1.82, 2.24) is 19.5 Å². The number of aromatic nitrogens is 4. The molecular weight excluding hydrogens is 650 g/mol. The summed E-state index contributed by atoms with van der Waals surface area (Å²) in [6, 6.07) is 34.1. The van der Waals surface area contributed by atoms with Crippen molar-refractivity contribution < 1.29 is 33.6 Å². The standard InChI is InChI=1S/C39H37N5O7/c1-47-29-18-14-27(15-19-29)39(26-12-8-5-9-13-26,28-16-20-30(48-2)21-17-28)50-22-31-33(45)34(49-3)38(51-31)44-24-42-32-35(40-23-41-36(32)44)43-37(46)25-10-6-4-7-11-25/h4-21,23-24,31,33-34,38,45H,22H2,1-3H3,(H,40,41,43,46)/t31-,33+,34+,38-/m1/s1. The molecule has 0 bridgehead atoms. The molecule has 0 spiro atoms. The van der Waals surface area contributed by atoms with E-state index in [1.54, 1.807) is 43.1 Å². The molecule has 0 aliphatic carbocycles. The fraction of sp³-hybridized carbons (Fsp3) is 0.231. The summed E-state index contributed by atoms with van der Waals surface area (Å²) < 4.78 is 32.0. The number of benzene rings is 4. The smallest absolute Gasteiger partial charge is 0.256 e. The minimum atomic E-state index is -1.12. The van der Waals surface area contributed by atoms with Crippen LogP contribution < -0.4 is 14.8 Å². The molecular formula is C39H37N5O7. The number of ether oxygens (including phenoxy) is 5. The number of aliphatic hydroxyl groups excluding tert-OH is 1. The van der Waals surface area contributed by atoms with Gasteiger partial charge in [0.25, 0.3) is 5.91 Å². The van der Waals surface area contributed by atoms with Gasteiger partial charge in [0, 0.05) is 12.7 Å². The molecule has 2 N–H and O–H groups in total. The van der Waals surface area contributed by atoms with Gasteiger partial charge in [-0.3, -0.25) is 9.36 Å². The molecule has 1 aliphatic rings. The Kier molecular flexibility index (Phi) is 9.73. The lowest BCUT2D eigenvalue weighted by molar-refractivity contribution is -0.0948. The topological polar surface area (TPSA) is 139 Å². The van der Waals surface area contributed by atoms with E-state index in [1.807, 2.05) is 84.9 Å². The highest BCUT2D eigenvalue weighted by Gasteiger charge is 2.48. The zero-order chi connectivity index (χ0) is 35.4. The van der Waals surface area contributed by atoms with Crippen LogP contribution in [0.2, 0.25) is 0 Å². The average Bonchev–Trinajstić information content (AvgIpc) is 3.77. The van der Waals surface area contributed by atoms with Gasteiger partial charge in [-0.2, -0.15) is 0 Å². The molecule has 0 radical (unpaired) electrons. The van der Waals surface area contributed by atoms with Crippen LogP contribution in [-0.4, -0.2) is 76.8 Å². The summed E-state index contributed by atoms with van der Waals surface area (Å²) in [5, 5.41) is 14.5. The lowest BCUT2D eigenvalue weighted by Crippen LogP contribution is -2.40. The van der Waals surface area contributed by atoms with Gasteiger partial charge in [0.05, 0.1) is 27.2 Å². The van der Waals surface area contributed by atoms with Crippen molar-refractivity contribution >= 4 is 22.9 Å². The molecule has 1 amide bonds. The first-order valence-electron chi connectivity index (χ1n) is 16.4. The molecule has 4 atom stereocenters. The Balaban J connectivity index is 1.22. The lowest BCUT2D eigenvalue weighted by atomic mass is 9.80. The Morgan fingerprint density at radius 1 is 0.804 bits per heavy atom. The summed E-state index contributed by atoms with van der Waals surface area (Å²) in [4.78, 5) is 26.2. The number of hydrogen-bond donors (Lipinski definition) is 2. The zero-order valence-electron chi connectivity index (χ0n) is 28.2. The molecule has 51 heavy (non-hydrogen) atoms. The number of aliphatic hydroxyl groups is 1. The van der Waals surface area contributed by atoms with E-state index in [0.29, 0.717) is 28.2 Å². The second-order valence-corrected chi connectivity index (χ2v) is 11.9. The molecule has 3 heterocycles. The highest BCUT2D eigenvalue weighted by Crippen LogP contribution is 2.43. The first-order valence-corrected chi connectivity index (χ1v) is 16.4. The molecule has 1 aliphatic heterocycles. The van der Waals surface area contributed by atoms with Crippen molar-refractivity contribution in [2.45, 2.75) is 30.1 Å². The van der Waals surface area contributed by atoms with Gasteiger partial charge < -0.3 is 34.1 Å². The van der Waals surface area contributed by atoms with E-state index in [-0.39, 0.29) is 18.3 Å². The van der Waals surface area contributed by atoms with Crippen molar-refractivity contribution in [3.8, 4) is 11.5 Å². The molecule has 0 saturated carbocycles. The summed E-state index contributed by atoms with van der Waals surface area (Å²) in [6.07, 6.45) is -0.668. The maximum Gasteiger partial charge on any atom is 0.256 e. The van der Waals surface area contributed by atoms with Crippen LogP contribution in [-0.2, 0) is 19.8 Å². The van der Waals surface area contributed by atoms with Gasteiger partial charge in [0.2, 0.25) is 0 Å². The van der Waals surface area contributed by atoms with Crippen molar-refractivity contribution in [2.24, 2.45) is 0 Å². The number of amides is 1. The van der Waals surface area contributed by atoms with E-state index in [9.17, 15) is 9.90 Å². The van der Waals surface area contributed by atoms with Crippen LogP contribution >= 0.6 is 0 Å². The van der Waals surface area contributed by atoms with Gasteiger partial charge in [-0.1, -0.05) is 72.8 Å². The lowest BCUT2D eigenvalue weighted by Gasteiger charge is -2.37. The van der Waals surface area contributed by atoms with E-state index < -0.39 is 30.1 Å². The number of imidazole rings is 1. The van der Waals surface area contributed by atoms with Crippen molar-refractivity contribution in [3.63, 3.8) is 0 Å². The Bertz CT molecular complexity index is 2030. The number of carbonyl (C=O) groups excluding carboxylic acids is 1. The Hall–Kier alpha value is -5.66. The molecule has 1 fully saturated rings. The summed E-state index contributed by atoms with van der Waals surface area (Å²) in [7, 11) is 4.76. The van der Waals surface area contributed by atoms with Crippen LogP contribution in [0.25, 0.3) is 11.2 Å². The number of rotatable bonds is 12. The third kappa shape index (κ3) is 6.41. The van der Waals surface area contributed by atoms with Crippen LogP contribution in [0.1, 0.15) is 33.3 Å². The van der Waals surface area contributed by atoms with Crippen molar-refractivity contribution in [2.75, 3.05) is 33.3 Å². The first-order chi connectivity index (χ1) is 25.0. The van der Waals surface area contributed by atoms with Crippen LogP contribution in [0.15, 0.2) is 122 Å². The monoisotopic (exact) mass is 687 g/mol. The quantitative estimate of drug-likeness (QED) is 0.161. The molecule has 4 aromatic carbocycles. The fourth-order valence-corrected chi connectivity index (χ4v) is 6.52. The summed E-state index contributed by atoms with van der Waals surface area (Å²) in [5.74, 6) is 1.32. The van der Waals surface area contributed by atoms with Gasteiger partial charge in [0.1, 0.15) is 41.7 Å². The molecule has 1 saturated heterocycles. The molecule has 6 aromatic rings. The van der Waals surface area contributed by atoms with E-state index in [0.717, 1.165) is 16.7 Å². The Labute approximate surface area is 294 Å². The normalized spacial score (nSPS) is 18.8. The SMILES string of the molecule is COc1ccc(C(OC[C@H]2O[C@@H](n3cnc4c(NC(=O)c5ccccc5)ncnc43)[C@@H](OC)[C@H]2O)(c2ccccc2)c2ccc(OC)cc2)cc1. The number of anilines is 1. The molecule has 7 rings (SSSR count). The van der Waals surface area contributed by atoms with Gasteiger partial charge in [-0.25, -0.2) is 15.0 Å². The largest absolute Gasteiger partial charge is 0.497 e. The van der Waals surface area contributed by atoms with Crippen LogP contribution in [0.4, 0.5) is 5.82 Å². The maximum absolute atomic E-state index is 12.9. The minimum Gasteiger partial charge on any atom is -0.497 e. The van der Waals surface area contributed by atoms with Gasteiger partial charge in [-0.05, 0) is 53.1 Å². The number of nitrogens with one attached hydrogen (secondary N) is 1. The van der Waals surface area contributed by atoms with Gasteiger partial charge >= 0.3 is 0 Å². The summed E-state index contributed by atoms with van der Waals surface area (Å²) >= 11 is 0. The molecule has 260 valence electrons. The third-order valence-corrected chi connectivity index (χ3v) is 9.12. The highest BCUT2D eigenvalue weighted by molar-refractivity contribution is 6.06. The highest BCUT2D eigenvalue weighted by atomic mass is 16.6. The predicted octanol–water partition coefficient (Wildman–Crippen LogP) is 5.38. The maximum atomic E-state index is 12.9. The van der Waals surface area contributed by atoms with E-state index in [1.165, 1.54) is 19.8 Å². The van der Waals surface area contributed by atoms with E-state index in [2.05, 4.69) is 20.3 Å². The summed E-state index contributed by atoms with van der Waals surface area (Å²) in [5.41, 5.74) is 2.66. The fourth-order valence-electron chi connectivity index (χ4n) is 6.52. The van der Waals surface area contributed by atoms with Gasteiger partial charge in [-0.15, -0.1) is 0 Å². The average molecular weight is 688 g/mol. The van der Waals surface area contributed by atoms with Crippen molar-refractivity contribution in [1.29, 1.82) is 0 Å². The van der Waals surface area contributed by atoms with Crippen LogP contribution in [0, 0.1) is 0 Å². The second-order valence-electron chi connectivity index (χ2n) is 11.9.